The van der Waals surface area contributed by atoms with Crippen LogP contribution < -0.4 is 10.2 Å². The summed E-state index contributed by atoms with van der Waals surface area (Å²) in [4.78, 5) is 2.24. The van der Waals surface area contributed by atoms with Crippen molar-refractivity contribution in [3.05, 3.63) is 29.6 Å². The van der Waals surface area contributed by atoms with Crippen molar-refractivity contribution in [3.63, 3.8) is 0 Å². The van der Waals surface area contributed by atoms with Gasteiger partial charge in [0, 0.05) is 18.8 Å². The molecule has 0 saturated carbocycles. The Labute approximate surface area is 126 Å². The van der Waals surface area contributed by atoms with E-state index in [2.05, 4.69) is 16.3 Å². The first-order chi connectivity index (χ1) is 10.1. The average molecular weight is 289 g/mol. The normalized spacial score (nSPS) is 16.4. The van der Waals surface area contributed by atoms with Gasteiger partial charge in [-0.2, -0.15) is 5.26 Å². The van der Waals surface area contributed by atoms with Gasteiger partial charge in [0.25, 0.3) is 0 Å². The second-order valence-electron chi connectivity index (χ2n) is 5.69. The molecule has 114 valence electrons. The number of nitriles is 1. The molecule has 1 heterocycles. The number of halogens is 1. The topological polar surface area (TPSA) is 39.1 Å². The van der Waals surface area contributed by atoms with Crippen LogP contribution in [0.25, 0.3) is 0 Å². The van der Waals surface area contributed by atoms with Crippen LogP contribution in [0.3, 0.4) is 0 Å². The van der Waals surface area contributed by atoms with E-state index in [1.165, 1.54) is 11.6 Å². The van der Waals surface area contributed by atoms with Crippen molar-refractivity contribution in [2.24, 2.45) is 0 Å². The lowest BCUT2D eigenvalue weighted by atomic mass is 9.92. The highest BCUT2D eigenvalue weighted by molar-refractivity contribution is 5.58. The molecule has 3 nitrogen and oxygen atoms in total. The minimum Gasteiger partial charge on any atom is -0.371 e. The molecule has 21 heavy (non-hydrogen) atoms. The summed E-state index contributed by atoms with van der Waals surface area (Å²) in [6.45, 7) is 6.71. The fourth-order valence-corrected chi connectivity index (χ4v) is 3.13. The molecule has 1 aliphatic heterocycles. The number of rotatable bonds is 7. The predicted molar refractivity (Wildman–Crippen MR) is 83.9 cm³/mol. The summed E-state index contributed by atoms with van der Waals surface area (Å²) in [6, 6.07) is 7.48. The first-order valence-corrected chi connectivity index (χ1v) is 7.84. The van der Waals surface area contributed by atoms with Crippen LogP contribution in [0.1, 0.15) is 38.7 Å². The zero-order chi connectivity index (χ0) is 15.3. The van der Waals surface area contributed by atoms with E-state index in [9.17, 15) is 9.65 Å². The van der Waals surface area contributed by atoms with Gasteiger partial charge in [0.2, 0.25) is 0 Å². The van der Waals surface area contributed by atoms with Crippen molar-refractivity contribution in [2.75, 3.05) is 24.5 Å². The Hall–Kier alpha value is -1.60. The second kappa shape index (κ2) is 6.91. The van der Waals surface area contributed by atoms with Crippen molar-refractivity contribution in [2.45, 2.75) is 45.1 Å². The van der Waals surface area contributed by atoms with Crippen molar-refractivity contribution >= 4 is 5.69 Å². The second-order valence-corrected chi connectivity index (χ2v) is 5.69. The molecule has 4 heteroatoms. The first kappa shape index (κ1) is 15.8. The number of hydrogen-bond donors (Lipinski definition) is 1. The van der Waals surface area contributed by atoms with Crippen LogP contribution in [-0.2, 0) is 6.42 Å². The highest BCUT2D eigenvalue weighted by Gasteiger charge is 2.27. The summed E-state index contributed by atoms with van der Waals surface area (Å²) in [5.74, 6) is -0.173. The predicted octanol–water partition coefficient (Wildman–Crippen LogP) is 3.25. The van der Waals surface area contributed by atoms with Crippen molar-refractivity contribution in [1.82, 2.24) is 5.32 Å². The molecular weight excluding hydrogens is 265 g/mol. The third kappa shape index (κ3) is 3.54. The first-order valence-electron chi connectivity index (χ1n) is 7.84. The molecule has 1 unspecified atom stereocenters. The van der Waals surface area contributed by atoms with E-state index in [0.29, 0.717) is 0 Å². The number of benzene rings is 1. The number of anilines is 1. The fourth-order valence-electron chi connectivity index (χ4n) is 3.13. The third-order valence-corrected chi connectivity index (χ3v) is 4.40. The molecule has 1 aromatic carbocycles. The molecule has 0 bridgehead atoms. The Morgan fingerprint density at radius 2 is 2.24 bits per heavy atom. The minimum absolute atomic E-state index is 0.173. The molecule has 1 aromatic rings. The SMILES string of the molecule is CCNC(C#N)(CC)CCCN1CCc2ccc(F)cc21. The highest BCUT2D eigenvalue weighted by atomic mass is 19.1. The smallest absolute Gasteiger partial charge is 0.125 e. The zero-order valence-corrected chi connectivity index (χ0v) is 13.0. The molecule has 0 aliphatic carbocycles. The molecule has 0 aromatic heterocycles. The Bertz CT molecular complexity index is 523. The molecule has 1 aliphatic rings. The average Bonchev–Trinajstić information content (AvgIpc) is 2.89. The molecule has 0 fully saturated rings. The van der Waals surface area contributed by atoms with Crippen LogP contribution in [0.4, 0.5) is 10.1 Å². The van der Waals surface area contributed by atoms with Crippen LogP contribution >= 0.6 is 0 Å². The third-order valence-electron chi connectivity index (χ3n) is 4.40. The maximum atomic E-state index is 13.4. The van der Waals surface area contributed by atoms with Crippen LogP contribution in [-0.4, -0.2) is 25.2 Å². The summed E-state index contributed by atoms with van der Waals surface area (Å²) < 4.78 is 13.4. The van der Waals surface area contributed by atoms with Crippen molar-refractivity contribution in [1.29, 1.82) is 5.26 Å². The summed E-state index contributed by atoms with van der Waals surface area (Å²) >= 11 is 0. The van der Waals surface area contributed by atoms with E-state index >= 15 is 0 Å². The zero-order valence-electron chi connectivity index (χ0n) is 13.0. The lowest BCUT2D eigenvalue weighted by molar-refractivity contribution is 0.373. The van der Waals surface area contributed by atoms with Crippen LogP contribution in [0.15, 0.2) is 18.2 Å². The van der Waals surface area contributed by atoms with Crippen molar-refractivity contribution in [3.8, 4) is 6.07 Å². The Kier molecular flexibility index (Phi) is 5.19. The van der Waals surface area contributed by atoms with E-state index in [1.54, 1.807) is 6.07 Å². The minimum atomic E-state index is -0.417. The quantitative estimate of drug-likeness (QED) is 0.837. The summed E-state index contributed by atoms with van der Waals surface area (Å²) in [7, 11) is 0. The van der Waals surface area contributed by atoms with Gasteiger partial charge in [-0.05, 0) is 49.9 Å². The molecule has 0 amide bonds. The Morgan fingerprint density at radius 1 is 1.43 bits per heavy atom. The van der Waals surface area contributed by atoms with Gasteiger partial charge in [0.1, 0.15) is 11.4 Å². The summed E-state index contributed by atoms with van der Waals surface area (Å²) in [5.41, 5.74) is 1.84. The lowest BCUT2D eigenvalue weighted by Crippen LogP contribution is -2.43. The van der Waals surface area contributed by atoms with Gasteiger partial charge in [-0.15, -0.1) is 0 Å². The van der Waals surface area contributed by atoms with Gasteiger partial charge in [-0.1, -0.05) is 19.9 Å². The van der Waals surface area contributed by atoms with Gasteiger partial charge in [-0.25, -0.2) is 4.39 Å². The van der Waals surface area contributed by atoms with Crippen LogP contribution in [0.2, 0.25) is 0 Å². The number of nitrogens with zero attached hydrogens (tertiary/aromatic N) is 2. The number of nitrogens with one attached hydrogen (secondary N) is 1. The van der Waals surface area contributed by atoms with E-state index in [4.69, 9.17) is 0 Å². The van der Waals surface area contributed by atoms with Gasteiger partial charge in [0.15, 0.2) is 0 Å². The van der Waals surface area contributed by atoms with Crippen LogP contribution in [0.5, 0.6) is 0 Å². The summed E-state index contributed by atoms with van der Waals surface area (Å²) in [6.07, 6.45) is 3.56. The standard InChI is InChI=1S/C17H24FN3/c1-3-17(13-19,20-4-2)9-5-10-21-11-8-14-6-7-15(18)12-16(14)21/h6-7,12,20H,3-5,8-11H2,1-2H3. The van der Waals surface area contributed by atoms with E-state index in [1.807, 2.05) is 19.9 Å². The molecule has 1 atom stereocenters. The molecule has 2 rings (SSSR count). The molecule has 0 saturated heterocycles. The van der Waals surface area contributed by atoms with Gasteiger partial charge in [0.05, 0.1) is 6.07 Å². The van der Waals surface area contributed by atoms with Gasteiger partial charge < -0.3 is 4.90 Å². The summed E-state index contributed by atoms with van der Waals surface area (Å²) in [5, 5.41) is 12.7. The molecule has 0 radical (unpaired) electrons. The van der Waals surface area contributed by atoms with E-state index in [0.717, 1.165) is 51.0 Å². The number of hydrogen-bond acceptors (Lipinski definition) is 3. The Balaban J connectivity index is 1.94. The Morgan fingerprint density at radius 3 is 2.90 bits per heavy atom. The molecular formula is C17H24FN3. The van der Waals surface area contributed by atoms with Gasteiger partial charge in [-0.3, -0.25) is 5.32 Å². The lowest BCUT2D eigenvalue weighted by Gasteiger charge is -2.27. The largest absolute Gasteiger partial charge is 0.371 e. The molecule has 0 spiro atoms. The maximum Gasteiger partial charge on any atom is 0.125 e. The number of fused-ring (bicyclic) bond motifs is 1. The van der Waals surface area contributed by atoms with E-state index in [-0.39, 0.29) is 5.82 Å². The van der Waals surface area contributed by atoms with Crippen molar-refractivity contribution < 1.29 is 4.39 Å². The van der Waals surface area contributed by atoms with Gasteiger partial charge >= 0.3 is 0 Å². The molecule has 1 N–H and O–H groups in total. The highest BCUT2D eigenvalue weighted by Crippen LogP contribution is 2.29. The van der Waals surface area contributed by atoms with E-state index < -0.39 is 5.54 Å². The van der Waals surface area contributed by atoms with Crippen LogP contribution in [0, 0.1) is 17.1 Å². The monoisotopic (exact) mass is 289 g/mol. The fraction of sp³-hybridized carbons (Fsp3) is 0.588. The maximum absolute atomic E-state index is 13.4.